The number of nitrogens with one attached hydrogen (secondary N) is 2. The Hall–Kier alpha value is -3.01. The van der Waals surface area contributed by atoms with Crippen LogP contribution in [0.5, 0.6) is 0 Å². The molecule has 0 saturated heterocycles. The van der Waals surface area contributed by atoms with Crippen molar-refractivity contribution in [2.75, 3.05) is 17.7 Å². The molecule has 0 fully saturated rings. The van der Waals surface area contributed by atoms with Crippen LogP contribution in [-0.2, 0) is 21.1 Å². The number of anilines is 1. The van der Waals surface area contributed by atoms with E-state index >= 15 is 0 Å². The molecule has 9 nitrogen and oxygen atoms in total. The summed E-state index contributed by atoms with van der Waals surface area (Å²) >= 11 is 0. The molecule has 0 saturated carbocycles. The lowest BCUT2D eigenvalue weighted by molar-refractivity contribution is -0.122. The number of aromatic amines is 1. The van der Waals surface area contributed by atoms with Crippen molar-refractivity contribution in [2.45, 2.75) is 64.6 Å². The Bertz CT molecular complexity index is 1290. The standard InChI is InChI=1S/C24H34N6O3S/c1-5-11-18(12-6-2)22(31)29(4)20-19-21(28-23(27-20)34(25,33)15-7-3)30(24(32)26-19)16-17-13-9-8-10-14-17/h8-10,13-14,18,25H,5-7,11-12,15-16H2,1-4H3,(H,26,32). The van der Waals surface area contributed by atoms with Crippen LogP contribution in [0.3, 0.4) is 0 Å². The smallest absolute Gasteiger partial charge is 0.301 e. The number of aromatic nitrogens is 4. The van der Waals surface area contributed by atoms with Gasteiger partial charge in [0.2, 0.25) is 11.1 Å². The second-order valence-corrected chi connectivity index (χ2v) is 10.7. The summed E-state index contributed by atoms with van der Waals surface area (Å²) in [6.07, 6.45) is 3.75. The van der Waals surface area contributed by atoms with E-state index in [0.717, 1.165) is 31.2 Å². The molecule has 1 aromatic carbocycles. The molecular formula is C24H34N6O3S. The number of amides is 1. The molecular weight excluding hydrogens is 452 g/mol. The molecule has 3 rings (SSSR count). The van der Waals surface area contributed by atoms with Crippen molar-refractivity contribution in [3.63, 3.8) is 0 Å². The van der Waals surface area contributed by atoms with Crippen LogP contribution in [0.4, 0.5) is 5.82 Å². The van der Waals surface area contributed by atoms with Gasteiger partial charge in [-0.25, -0.2) is 13.8 Å². The van der Waals surface area contributed by atoms with Crippen molar-refractivity contribution in [3.05, 3.63) is 46.4 Å². The predicted octanol–water partition coefficient (Wildman–Crippen LogP) is 4.16. The Labute approximate surface area is 200 Å². The molecule has 3 aromatic rings. The molecule has 0 aliphatic heterocycles. The largest absolute Gasteiger partial charge is 0.328 e. The predicted molar refractivity (Wildman–Crippen MR) is 135 cm³/mol. The Kier molecular flexibility index (Phi) is 8.24. The quantitative estimate of drug-likeness (QED) is 0.394. The highest BCUT2D eigenvalue weighted by atomic mass is 32.2. The van der Waals surface area contributed by atoms with Crippen LogP contribution < -0.4 is 10.6 Å². The van der Waals surface area contributed by atoms with Crippen molar-refractivity contribution in [1.29, 1.82) is 4.78 Å². The topological polar surface area (TPSA) is 125 Å². The zero-order valence-electron chi connectivity index (χ0n) is 20.3. The van der Waals surface area contributed by atoms with Gasteiger partial charge in [0.25, 0.3) is 0 Å². The average molecular weight is 487 g/mol. The molecule has 1 amide bonds. The monoisotopic (exact) mass is 486 g/mol. The summed E-state index contributed by atoms with van der Waals surface area (Å²) in [5.41, 5.74) is 1.03. The summed E-state index contributed by atoms with van der Waals surface area (Å²) in [6.45, 7) is 6.16. The number of benzene rings is 1. The Morgan fingerprint density at radius 2 is 1.76 bits per heavy atom. The van der Waals surface area contributed by atoms with Crippen molar-refractivity contribution in [3.8, 4) is 0 Å². The van der Waals surface area contributed by atoms with Gasteiger partial charge in [0.05, 0.1) is 6.54 Å². The minimum Gasteiger partial charge on any atom is -0.301 e. The van der Waals surface area contributed by atoms with E-state index in [1.165, 1.54) is 9.47 Å². The average Bonchev–Trinajstić information content (AvgIpc) is 3.13. The number of nitrogens with zero attached hydrogens (tertiary/aromatic N) is 4. The van der Waals surface area contributed by atoms with Gasteiger partial charge in [-0.05, 0) is 24.8 Å². The number of rotatable bonds is 11. The molecule has 0 bridgehead atoms. The normalized spacial score (nSPS) is 13.3. The van der Waals surface area contributed by atoms with Crippen LogP contribution in [0.15, 0.2) is 40.3 Å². The molecule has 34 heavy (non-hydrogen) atoms. The summed E-state index contributed by atoms with van der Waals surface area (Å²) < 4.78 is 23.0. The second kappa shape index (κ2) is 10.9. The Morgan fingerprint density at radius 3 is 2.35 bits per heavy atom. The molecule has 10 heteroatoms. The van der Waals surface area contributed by atoms with Crippen LogP contribution in [0.2, 0.25) is 0 Å². The lowest BCUT2D eigenvalue weighted by Gasteiger charge is -2.23. The number of H-pyrrole nitrogens is 1. The van der Waals surface area contributed by atoms with Gasteiger partial charge in [-0.15, -0.1) is 0 Å². The fourth-order valence-electron chi connectivity index (χ4n) is 4.14. The first-order chi connectivity index (χ1) is 16.2. The van der Waals surface area contributed by atoms with E-state index in [9.17, 15) is 13.8 Å². The van der Waals surface area contributed by atoms with Gasteiger partial charge in [0.1, 0.15) is 15.2 Å². The lowest BCUT2D eigenvalue weighted by Crippen LogP contribution is -2.34. The van der Waals surface area contributed by atoms with Crippen LogP contribution in [0.25, 0.3) is 11.2 Å². The lowest BCUT2D eigenvalue weighted by atomic mass is 9.97. The van der Waals surface area contributed by atoms with E-state index in [0.29, 0.717) is 11.9 Å². The third-order valence-electron chi connectivity index (χ3n) is 5.82. The van der Waals surface area contributed by atoms with Crippen molar-refractivity contribution in [2.24, 2.45) is 5.92 Å². The first kappa shape index (κ1) is 25.6. The van der Waals surface area contributed by atoms with Crippen LogP contribution in [0, 0.1) is 10.7 Å². The van der Waals surface area contributed by atoms with Gasteiger partial charge < -0.3 is 4.98 Å². The maximum absolute atomic E-state index is 13.4. The maximum atomic E-state index is 13.4. The minimum absolute atomic E-state index is 0.0945. The number of hydrogen-bond donors (Lipinski definition) is 2. The maximum Gasteiger partial charge on any atom is 0.328 e. The SMILES string of the molecule is CCCC(CCC)C(=O)N(C)c1nc(S(=N)(=O)CCC)nc2c1[nH]c(=O)n2Cc1ccccc1. The van der Waals surface area contributed by atoms with Crippen LogP contribution >= 0.6 is 0 Å². The van der Waals surface area contributed by atoms with Crippen molar-refractivity contribution >= 4 is 32.6 Å². The molecule has 1 atom stereocenters. The first-order valence-electron chi connectivity index (χ1n) is 11.8. The molecule has 0 spiro atoms. The summed E-state index contributed by atoms with van der Waals surface area (Å²) in [5.74, 6) is -0.0138. The highest BCUT2D eigenvalue weighted by Crippen LogP contribution is 2.26. The Balaban J connectivity index is 2.21. The highest BCUT2D eigenvalue weighted by molar-refractivity contribution is 7.92. The van der Waals surface area contributed by atoms with Crippen LogP contribution in [-0.4, -0.2) is 42.4 Å². The molecule has 1 unspecified atom stereocenters. The molecule has 0 aliphatic carbocycles. The van der Waals surface area contributed by atoms with Gasteiger partial charge in [-0.2, -0.15) is 9.97 Å². The van der Waals surface area contributed by atoms with Gasteiger partial charge in [0, 0.05) is 18.7 Å². The van der Waals surface area contributed by atoms with Crippen molar-refractivity contribution in [1.82, 2.24) is 19.5 Å². The van der Waals surface area contributed by atoms with E-state index in [2.05, 4.69) is 15.0 Å². The molecule has 2 N–H and O–H groups in total. The van der Waals surface area contributed by atoms with E-state index in [4.69, 9.17) is 4.78 Å². The van der Waals surface area contributed by atoms with Gasteiger partial charge in [0.15, 0.2) is 11.5 Å². The summed E-state index contributed by atoms with van der Waals surface area (Å²) in [7, 11) is -1.68. The van der Waals surface area contributed by atoms with E-state index in [-0.39, 0.29) is 40.7 Å². The van der Waals surface area contributed by atoms with Crippen molar-refractivity contribution < 1.29 is 9.00 Å². The van der Waals surface area contributed by atoms with Gasteiger partial charge in [-0.1, -0.05) is 63.9 Å². The van der Waals surface area contributed by atoms with Gasteiger partial charge >= 0.3 is 5.69 Å². The number of hydrogen-bond acceptors (Lipinski definition) is 6. The fraction of sp³-hybridized carbons (Fsp3) is 0.500. The minimum atomic E-state index is -3.29. The molecule has 0 radical (unpaired) electrons. The molecule has 2 heterocycles. The third kappa shape index (κ3) is 5.38. The molecule has 0 aliphatic rings. The molecule has 184 valence electrons. The van der Waals surface area contributed by atoms with E-state index in [1.807, 2.05) is 51.1 Å². The highest BCUT2D eigenvalue weighted by Gasteiger charge is 2.28. The molecule has 2 aromatic heterocycles. The number of imidazole rings is 1. The third-order valence-corrected chi connectivity index (χ3v) is 7.58. The van der Waals surface area contributed by atoms with Crippen LogP contribution in [0.1, 0.15) is 58.4 Å². The Morgan fingerprint density at radius 1 is 1.12 bits per heavy atom. The number of carbonyl (C=O) groups excluding carboxylic acids is 1. The van der Waals surface area contributed by atoms with E-state index < -0.39 is 15.4 Å². The fourth-order valence-corrected chi connectivity index (χ4v) is 5.37. The first-order valence-corrected chi connectivity index (χ1v) is 13.5. The summed E-state index contributed by atoms with van der Waals surface area (Å²) in [6, 6.07) is 9.45. The van der Waals surface area contributed by atoms with Gasteiger partial charge in [-0.3, -0.25) is 14.3 Å². The summed E-state index contributed by atoms with van der Waals surface area (Å²) in [4.78, 5) is 39.4. The zero-order valence-corrected chi connectivity index (χ0v) is 21.2. The zero-order chi connectivity index (χ0) is 24.9. The number of fused-ring (bicyclic) bond motifs is 1. The van der Waals surface area contributed by atoms with E-state index in [1.54, 1.807) is 7.05 Å². The second-order valence-electron chi connectivity index (χ2n) is 8.58. The number of carbonyl (C=O) groups is 1. The summed E-state index contributed by atoms with van der Waals surface area (Å²) in [5, 5.41) is -0.153.